The molecule has 1 aromatic heterocycles. The molecule has 26 heavy (non-hydrogen) atoms. The van der Waals surface area contributed by atoms with E-state index in [-0.39, 0.29) is 17.7 Å². The Morgan fingerprint density at radius 2 is 2.23 bits per heavy atom. The van der Waals surface area contributed by atoms with Crippen molar-refractivity contribution in [3.05, 3.63) is 40.8 Å². The van der Waals surface area contributed by atoms with Gasteiger partial charge < -0.3 is 15.0 Å². The van der Waals surface area contributed by atoms with Crippen LogP contribution in [-0.2, 0) is 16.2 Å². The van der Waals surface area contributed by atoms with Crippen molar-refractivity contribution in [2.45, 2.75) is 32.8 Å². The van der Waals surface area contributed by atoms with Crippen LogP contribution < -0.4 is 10.1 Å². The number of aromatic nitrogens is 1. The lowest BCUT2D eigenvalue weighted by molar-refractivity contribution is -0.134. The number of nitrogens with zero attached hydrogens (tertiary/aromatic N) is 2. The van der Waals surface area contributed by atoms with Crippen molar-refractivity contribution in [3.63, 3.8) is 0 Å². The maximum Gasteiger partial charge on any atom is 0.229 e. The van der Waals surface area contributed by atoms with Crippen molar-refractivity contribution < 1.29 is 14.3 Å². The number of thiazole rings is 1. The van der Waals surface area contributed by atoms with Gasteiger partial charge in [-0.1, -0.05) is 19.1 Å². The first-order chi connectivity index (χ1) is 12.7. The Balaban J connectivity index is 1.62. The number of piperidine rings is 1. The molecule has 1 unspecified atom stereocenters. The zero-order chi connectivity index (χ0) is 18.4. The zero-order valence-corrected chi connectivity index (χ0v) is 15.6. The van der Waals surface area contributed by atoms with Gasteiger partial charge in [0.1, 0.15) is 12.4 Å². The smallest absolute Gasteiger partial charge is 0.229 e. The van der Waals surface area contributed by atoms with Gasteiger partial charge in [0.25, 0.3) is 0 Å². The highest BCUT2D eigenvalue weighted by molar-refractivity contribution is 7.07. The number of nitrogens with one attached hydrogen (secondary N) is 1. The number of carbonyl (C=O) groups is 2. The van der Waals surface area contributed by atoms with Gasteiger partial charge in [0.2, 0.25) is 11.8 Å². The van der Waals surface area contributed by atoms with E-state index >= 15 is 0 Å². The first kappa shape index (κ1) is 18.4. The van der Waals surface area contributed by atoms with Gasteiger partial charge in [-0.3, -0.25) is 9.59 Å². The predicted octanol–water partition coefficient (Wildman–Crippen LogP) is 3.31. The van der Waals surface area contributed by atoms with Crippen LogP contribution in [0, 0.1) is 5.92 Å². The average Bonchev–Trinajstić information content (AvgIpc) is 3.20. The third-order valence-corrected chi connectivity index (χ3v) is 5.09. The Hall–Kier alpha value is -2.41. The first-order valence-electron chi connectivity index (χ1n) is 8.85. The van der Waals surface area contributed by atoms with Crippen LogP contribution in [-0.4, -0.2) is 34.8 Å². The van der Waals surface area contributed by atoms with Crippen molar-refractivity contribution in [2.24, 2.45) is 5.92 Å². The van der Waals surface area contributed by atoms with Gasteiger partial charge in [-0.2, -0.15) is 0 Å². The Labute approximate surface area is 157 Å². The molecule has 0 aliphatic carbocycles. The van der Waals surface area contributed by atoms with Crippen LogP contribution in [0.5, 0.6) is 5.75 Å². The molecule has 3 rings (SSSR count). The Morgan fingerprint density at radius 1 is 1.38 bits per heavy atom. The number of benzene rings is 1. The van der Waals surface area contributed by atoms with Crippen LogP contribution in [0.15, 0.2) is 35.2 Å². The largest absolute Gasteiger partial charge is 0.485 e. The van der Waals surface area contributed by atoms with E-state index in [9.17, 15) is 9.59 Å². The van der Waals surface area contributed by atoms with E-state index in [1.165, 1.54) is 11.3 Å². The number of rotatable bonds is 6. The Bertz CT molecular complexity index is 748. The summed E-state index contributed by atoms with van der Waals surface area (Å²) in [6.07, 6.45) is 2.12. The average molecular weight is 373 g/mol. The fourth-order valence-electron chi connectivity index (χ4n) is 3.03. The van der Waals surface area contributed by atoms with E-state index in [0.29, 0.717) is 31.0 Å². The number of likely N-dealkylation sites (tertiary alicyclic amines) is 1. The van der Waals surface area contributed by atoms with Crippen LogP contribution in [0.4, 0.5) is 5.69 Å². The summed E-state index contributed by atoms with van der Waals surface area (Å²) < 4.78 is 5.81. The lowest BCUT2D eigenvalue weighted by atomic mass is 9.96. The predicted molar refractivity (Wildman–Crippen MR) is 101 cm³/mol. The van der Waals surface area contributed by atoms with Crippen LogP contribution >= 0.6 is 11.3 Å². The van der Waals surface area contributed by atoms with Crippen molar-refractivity contribution in [3.8, 4) is 5.75 Å². The van der Waals surface area contributed by atoms with Crippen molar-refractivity contribution in [1.82, 2.24) is 9.88 Å². The molecule has 1 aromatic carbocycles. The standard InChI is InChI=1S/C19H23N3O3S/c1-2-18(23)22-9-5-6-14(10-22)19(24)21-16-7-3-4-8-17(16)25-11-15-12-26-13-20-15/h3-4,7-8,12-14H,2,5-6,9-11H2,1H3,(H,21,24). The summed E-state index contributed by atoms with van der Waals surface area (Å²) in [5, 5.41) is 4.90. The molecule has 1 saturated heterocycles. The van der Waals surface area contributed by atoms with Crippen molar-refractivity contribution >= 4 is 28.8 Å². The Kier molecular flexibility index (Phi) is 6.22. The summed E-state index contributed by atoms with van der Waals surface area (Å²) >= 11 is 1.52. The zero-order valence-electron chi connectivity index (χ0n) is 14.8. The summed E-state index contributed by atoms with van der Waals surface area (Å²) in [4.78, 5) is 30.6. The molecule has 1 fully saturated rings. The number of ether oxygens (including phenoxy) is 1. The van der Waals surface area contributed by atoms with E-state index < -0.39 is 0 Å². The van der Waals surface area contributed by atoms with Gasteiger partial charge in [0, 0.05) is 24.9 Å². The first-order valence-corrected chi connectivity index (χ1v) is 9.79. The normalized spacial score (nSPS) is 17.0. The second-order valence-electron chi connectivity index (χ2n) is 6.29. The molecule has 0 spiro atoms. The molecule has 0 saturated carbocycles. The monoisotopic (exact) mass is 373 g/mol. The molecule has 1 aliphatic heterocycles. The Morgan fingerprint density at radius 3 is 3.00 bits per heavy atom. The van der Waals surface area contributed by atoms with Gasteiger partial charge in [-0.25, -0.2) is 4.98 Å². The molecule has 6 nitrogen and oxygen atoms in total. The minimum absolute atomic E-state index is 0.0664. The summed E-state index contributed by atoms with van der Waals surface area (Å²) in [6, 6.07) is 7.38. The highest BCUT2D eigenvalue weighted by Gasteiger charge is 2.28. The van der Waals surface area contributed by atoms with Crippen LogP contribution in [0.1, 0.15) is 31.9 Å². The minimum Gasteiger partial charge on any atom is -0.485 e. The lowest BCUT2D eigenvalue weighted by Crippen LogP contribution is -2.43. The SMILES string of the molecule is CCC(=O)N1CCCC(C(=O)Nc2ccccc2OCc2cscn2)C1. The maximum absolute atomic E-state index is 12.7. The van der Waals surface area contributed by atoms with Crippen molar-refractivity contribution in [1.29, 1.82) is 0 Å². The number of para-hydroxylation sites is 2. The molecule has 0 radical (unpaired) electrons. The maximum atomic E-state index is 12.7. The fraction of sp³-hybridized carbons (Fsp3) is 0.421. The molecule has 2 heterocycles. The molecule has 1 atom stereocenters. The minimum atomic E-state index is -0.189. The molecule has 1 N–H and O–H groups in total. The quantitative estimate of drug-likeness (QED) is 0.843. The molecular formula is C19H23N3O3S. The number of carbonyl (C=O) groups excluding carboxylic acids is 2. The van der Waals surface area contributed by atoms with E-state index in [0.717, 1.165) is 25.1 Å². The third kappa shape index (κ3) is 4.60. The molecule has 2 aromatic rings. The van der Waals surface area contributed by atoms with E-state index in [1.54, 1.807) is 10.4 Å². The second kappa shape index (κ2) is 8.80. The summed E-state index contributed by atoms with van der Waals surface area (Å²) in [6.45, 7) is 3.44. The van der Waals surface area contributed by atoms with Crippen molar-refractivity contribution in [2.75, 3.05) is 18.4 Å². The molecule has 1 aliphatic rings. The van der Waals surface area contributed by atoms with E-state index in [1.807, 2.05) is 36.6 Å². The highest BCUT2D eigenvalue weighted by Crippen LogP contribution is 2.27. The number of hydrogen-bond donors (Lipinski definition) is 1. The van der Waals surface area contributed by atoms with Crippen LogP contribution in [0.2, 0.25) is 0 Å². The molecule has 2 amide bonds. The number of anilines is 1. The molecule has 0 bridgehead atoms. The molecular weight excluding hydrogens is 350 g/mol. The van der Waals surface area contributed by atoms with E-state index in [2.05, 4.69) is 10.3 Å². The number of hydrogen-bond acceptors (Lipinski definition) is 5. The highest BCUT2D eigenvalue weighted by atomic mass is 32.1. The second-order valence-corrected chi connectivity index (χ2v) is 7.01. The van der Waals surface area contributed by atoms with Gasteiger partial charge in [0.05, 0.1) is 22.8 Å². The summed E-state index contributed by atoms with van der Waals surface area (Å²) in [5.41, 5.74) is 3.27. The van der Waals surface area contributed by atoms with Gasteiger partial charge >= 0.3 is 0 Å². The summed E-state index contributed by atoms with van der Waals surface area (Å²) in [7, 11) is 0. The third-order valence-electron chi connectivity index (χ3n) is 4.45. The molecule has 138 valence electrons. The van der Waals surface area contributed by atoms with Gasteiger partial charge in [-0.05, 0) is 25.0 Å². The van der Waals surface area contributed by atoms with Crippen LogP contribution in [0.3, 0.4) is 0 Å². The summed E-state index contributed by atoms with van der Waals surface area (Å²) in [5.74, 6) is 0.467. The topological polar surface area (TPSA) is 71.5 Å². The van der Waals surface area contributed by atoms with Gasteiger partial charge in [-0.15, -0.1) is 11.3 Å². The lowest BCUT2D eigenvalue weighted by Gasteiger charge is -2.32. The van der Waals surface area contributed by atoms with Crippen LogP contribution in [0.25, 0.3) is 0 Å². The molecule has 7 heteroatoms. The fourth-order valence-corrected chi connectivity index (χ4v) is 3.58. The van der Waals surface area contributed by atoms with Gasteiger partial charge in [0.15, 0.2) is 0 Å². The van der Waals surface area contributed by atoms with E-state index in [4.69, 9.17) is 4.74 Å². The number of amides is 2.